The summed E-state index contributed by atoms with van der Waals surface area (Å²) in [5, 5.41) is 125. The van der Waals surface area contributed by atoms with Gasteiger partial charge in [0.05, 0.1) is 50.5 Å². The zero-order valence-electron chi connectivity index (χ0n) is 55.1. The molecule has 97 heavy (non-hydrogen) atoms. The van der Waals surface area contributed by atoms with Crippen LogP contribution in [-0.4, -0.2) is 293 Å². The SMILES string of the molecule is C=C(C)CCC[C@]1(C)OC(=O)[C@]23CC[C@H]4C(=CC[C@H]5C(C)(C)C(O[C@@H]6OC[C@@H](O)[C@H](O)[C@H]6O[C@@H]6O[C@H](CO)[C@@H](O[C@@H]7O[C@H](COS(=O)(=O)O)[C@@H](O)[C@H](O[C@@H]8O[C@H](COS(=O)(=O)O)[C@@H](O)[C@H](OC)[C@H]8O)[C@H]7O)[C@H](O)[C@H]6O[C@@H]6OC[C@@H](O)[C@H](O)[C@H]6O)CC[C@]45C)[C@]2(C)C[C@H](OC(C)=O)[C@@H]31. The molecule has 10 rings (SSSR count). The number of aliphatic hydroxyl groups is 11. The number of carbonyl (C=O) groups is 2. The number of rotatable bonds is 23. The predicted molar refractivity (Wildman–Crippen MR) is 320 cm³/mol. The van der Waals surface area contributed by atoms with E-state index in [2.05, 4.69) is 48.7 Å². The second-order valence-electron chi connectivity index (χ2n) is 29.0. The Hall–Kier alpha value is -2.72. The van der Waals surface area contributed by atoms with Crippen LogP contribution in [0.1, 0.15) is 106 Å². The van der Waals surface area contributed by atoms with Crippen LogP contribution in [-0.2, 0) is 100 Å². The first kappa shape index (κ1) is 76.9. The number of carbonyl (C=O) groups excluding carboxylic acids is 2. The fraction of sp³-hybridized carbons (Fsp3) is 0.902. The van der Waals surface area contributed by atoms with Crippen molar-refractivity contribution in [1.29, 1.82) is 0 Å². The lowest BCUT2D eigenvalue weighted by Gasteiger charge is -2.64. The van der Waals surface area contributed by atoms with Gasteiger partial charge in [0.15, 0.2) is 31.5 Å². The number of hydrogen-bond donors (Lipinski definition) is 13. The first-order valence-electron chi connectivity index (χ1n) is 32.7. The summed E-state index contributed by atoms with van der Waals surface area (Å²) in [7, 11) is -9.48. The van der Waals surface area contributed by atoms with E-state index in [0.29, 0.717) is 44.9 Å². The normalized spacial score (nSPS) is 48.3. The summed E-state index contributed by atoms with van der Waals surface area (Å²) >= 11 is 0. The second kappa shape index (κ2) is 29.1. The molecule has 0 bridgehead atoms. The molecule has 556 valence electrons. The van der Waals surface area contributed by atoms with E-state index in [1.54, 1.807) is 0 Å². The predicted octanol–water partition coefficient (Wildman–Crippen LogP) is -2.76. The highest BCUT2D eigenvalue weighted by Gasteiger charge is 2.79. The molecule has 0 amide bonds. The van der Waals surface area contributed by atoms with Crippen LogP contribution in [0, 0.1) is 39.4 Å². The lowest BCUT2D eigenvalue weighted by molar-refractivity contribution is -0.406. The zero-order valence-corrected chi connectivity index (χ0v) is 56.7. The Kier molecular flexibility index (Phi) is 23.1. The highest BCUT2D eigenvalue weighted by atomic mass is 32.3. The van der Waals surface area contributed by atoms with Crippen molar-refractivity contribution in [3.8, 4) is 0 Å². The molecule has 32 atom stereocenters. The van der Waals surface area contributed by atoms with Gasteiger partial charge in [0.1, 0.15) is 122 Å². The molecule has 6 heterocycles. The number of fused-ring (bicyclic) bond motifs is 4. The van der Waals surface area contributed by atoms with Crippen molar-refractivity contribution >= 4 is 32.7 Å². The molecule has 4 aliphatic carbocycles. The van der Waals surface area contributed by atoms with Crippen molar-refractivity contribution in [3.63, 3.8) is 0 Å². The van der Waals surface area contributed by atoms with Gasteiger partial charge < -0.3 is 118 Å². The molecular weight excluding hydrogens is 1340 g/mol. The van der Waals surface area contributed by atoms with Gasteiger partial charge >= 0.3 is 32.7 Å². The highest BCUT2D eigenvalue weighted by molar-refractivity contribution is 7.81. The lowest BCUT2D eigenvalue weighted by atomic mass is 9.41. The Bertz CT molecular complexity index is 3070. The summed E-state index contributed by atoms with van der Waals surface area (Å²) < 4.78 is 153. The van der Waals surface area contributed by atoms with Gasteiger partial charge in [-0.25, -0.2) is 8.37 Å². The van der Waals surface area contributed by atoms with Crippen LogP contribution in [0.4, 0.5) is 0 Å². The van der Waals surface area contributed by atoms with Gasteiger partial charge in [0.25, 0.3) is 0 Å². The monoisotopic (exact) mass is 1440 g/mol. The van der Waals surface area contributed by atoms with Crippen LogP contribution < -0.4 is 0 Å². The molecule has 10 aliphatic rings. The summed E-state index contributed by atoms with van der Waals surface area (Å²) in [6.07, 6.45) is -39.3. The number of ether oxygens (including phenoxy) is 13. The molecule has 0 aromatic heterocycles. The van der Waals surface area contributed by atoms with Gasteiger partial charge in [0.2, 0.25) is 0 Å². The minimum atomic E-state index is -5.32. The fourth-order valence-electron chi connectivity index (χ4n) is 17.9. The van der Waals surface area contributed by atoms with E-state index in [4.69, 9.17) is 61.6 Å². The topological polar surface area (TPSA) is 504 Å². The van der Waals surface area contributed by atoms with E-state index >= 15 is 0 Å². The molecule has 0 radical (unpaired) electrons. The van der Waals surface area contributed by atoms with Gasteiger partial charge in [0, 0.05) is 19.4 Å². The minimum Gasteiger partial charge on any atom is -0.462 e. The zero-order chi connectivity index (χ0) is 71.2. The van der Waals surface area contributed by atoms with E-state index < -0.39 is 241 Å². The van der Waals surface area contributed by atoms with Crippen molar-refractivity contribution in [1.82, 2.24) is 0 Å². The standard InChI is InChI=1S/C61H96O34S2/c1-25(2)11-10-16-60(8)50-31(86-26(3)63)19-59(7)28-12-13-35-57(4,5)36(15-17-58(35,6)27(28)14-18-61(50,59)56(74)95-60)90-54-48(38(67)30(65)22-83-54)94-55-49(93-51-41(70)37(66)29(64)21-82-51)42(71)45(32(20-62)87-55)91-53-44(73)47(40(69)34(89-53)24-85-97(78,79)80)92-52-43(72)46(81-9)39(68)33(88-52)23-84-96(75,76)77/h12,27,29-55,62,64-73H,1,10-11,13-24H2,2-9H3,(H,75,76,77)(H,78,79,80)/t27-,29+,30+,31-,32+,33+,34+,35-,36?,37-,38-,39+,40+,41+,42-,43+,44+,45+,46-,47-,48+,49+,50+,51-,52-,53-,54-,55-,58+,59-,60-,61+/m0/s1. The summed E-state index contributed by atoms with van der Waals surface area (Å²) in [5.41, 5.74) is -1.52. The minimum absolute atomic E-state index is 0.0187. The van der Waals surface area contributed by atoms with Crippen molar-refractivity contribution in [2.45, 2.75) is 265 Å². The Labute approximate surface area is 561 Å². The summed E-state index contributed by atoms with van der Waals surface area (Å²) in [4.78, 5) is 27.6. The van der Waals surface area contributed by atoms with Crippen LogP contribution in [0.5, 0.6) is 0 Å². The van der Waals surface area contributed by atoms with Gasteiger partial charge in [-0.15, -0.1) is 6.58 Å². The molecule has 6 saturated heterocycles. The summed E-state index contributed by atoms with van der Waals surface area (Å²) in [6.45, 7) is 13.2. The second-order valence-corrected chi connectivity index (χ2v) is 31.2. The van der Waals surface area contributed by atoms with Gasteiger partial charge in [-0.2, -0.15) is 16.8 Å². The molecule has 34 nitrogen and oxygen atoms in total. The number of esters is 2. The van der Waals surface area contributed by atoms with Crippen molar-refractivity contribution in [2.24, 2.45) is 39.4 Å². The molecule has 1 unspecified atom stereocenters. The first-order chi connectivity index (χ1) is 45.2. The maximum Gasteiger partial charge on any atom is 0.397 e. The Morgan fingerprint density at radius 3 is 1.77 bits per heavy atom. The van der Waals surface area contributed by atoms with Gasteiger partial charge in [-0.05, 0) is 94.3 Å². The molecule has 0 aromatic rings. The summed E-state index contributed by atoms with van der Waals surface area (Å²) in [6, 6.07) is 0. The maximum atomic E-state index is 14.8. The van der Waals surface area contributed by atoms with Gasteiger partial charge in [-0.3, -0.25) is 18.7 Å². The van der Waals surface area contributed by atoms with Crippen molar-refractivity contribution < 1.29 is 162 Å². The maximum absolute atomic E-state index is 14.8. The fourth-order valence-corrected chi connectivity index (χ4v) is 18.5. The first-order valence-corrected chi connectivity index (χ1v) is 35.4. The third-order valence-corrected chi connectivity index (χ3v) is 23.4. The number of aliphatic hydroxyl groups excluding tert-OH is 11. The van der Waals surface area contributed by atoms with Crippen molar-refractivity contribution in [2.75, 3.05) is 40.1 Å². The van der Waals surface area contributed by atoms with Crippen LogP contribution in [0.2, 0.25) is 0 Å². The molecule has 0 aromatic carbocycles. The van der Waals surface area contributed by atoms with E-state index in [9.17, 15) is 91.7 Å². The number of hydrogen-bond acceptors (Lipinski definition) is 32. The van der Waals surface area contributed by atoms with Gasteiger partial charge in [-0.1, -0.05) is 44.9 Å². The third-order valence-electron chi connectivity index (χ3n) is 22.6. The van der Waals surface area contributed by atoms with Crippen LogP contribution in [0.3, 0.4) is 0 Å². The highest BCUT2D eigenvalue weighted by Crippen LogP contribution is 2.77. The smallest absolute Gasteiger partial charge is 0.397 e. The lowest BCUT2D eigenvalue weighted by Crippen LogP contribution is -2.68. The van der Waals surface area contributed by atoms with Crippen LogP contribution >= 0.6 is 0 Å². The van der Waals surface area contributed by atoms with Crippen LogP contribution in [0.25, 0.3) is 0 Å². The molecule has 3 saturated carbocycles. The van der Waals surface area contributed by atoms with E-state index in [-0.39, 0.29) is 23.2 Å². The quantitative estimate of drug-likeness (QED) is 0.0280. The molecule has 36 heteroatoms. The molecule has 9 fully saturated rings. The molecule has 1 spiro atoms. The Balaban J connectivity index is 0.908. The number of methoxy groups -OCH3 is 1. The number of allylic oxidation sites excluding steroid dienone is 3. The third kappa shape index (κ3) is 14.7. The Morgan fingerprint density at radius 2 is 1.19 bits per heavy atom. The average molecular weight is 1440 g/mol. The Morgan fingerprint density at radius 1 is 0.639 bits per heavy atom. The molecular formula is C61H96O34S2. The van der Waals surface area contributed by atoms with E-state index in [1.165, 1.54) is 6.92 Å². The van der Waals surface area contributed by atoms with Crippen molar-refractivity contribution in [3.05, 3.63) is 23.8 Å². The van der Waals surface area contributed by atoms with E-state index in [0.717, 1.165) is 31.1 Å². The summed E-state index contributed by atoms with van der Waals surface area (Å²) in [5.74, 6) is -1.22. The largest absolute Gasteiger partial charge is 0.462 e. The molecule has 13 N–H and O–H groups in total. The number of cyclic esters (lactones) is 1. The average Bonchev–Trinajstić information content (AvgIpc) is 1.51. The molecule has 6 aliphatic heterocycles. The van der Waals surface area contributed by atoms with E-state index in [1.807, 2.05) is 13.8 Å². The van der Waals surface area contributed by atoms with Crippen LogP contribution in [0.15, 0.2) is 23.8 Å².